The van der Waals surface area contributed by atoms with E-state index in [1.807, 2.05) is 0 Å². The van der Waals surface area contributed by atoms with E-state index in [0.29, 0.717) is 5.56 Å². The predicted octanol–water partition coefficient (Wildman–Crippen LogP) is 3.07. The summed E-state index contributed by atoms with van der Waals surface area (Å²) in [6, 6.07) is 12.9. The van der Waals surface area contributed by atoms with E-state index in [-0.39, 0.29) is 16.8 Å². The molecule has 0 aliphatic rings. The Morgan fingerprint density at radius 3 is 2.39 bits per heavy atom. The molecule has 0 spiro atoms. The van der Waals surface area contributed by atoms with E-state index in [9.17, 15) is 14.0 Å². The zero-order valence-electron chi connectivity index (χ0n) is 11.8. The van der Waals surface area contributed by atoms with Crippen molar-refractivity contribution in [2.24, 2.45) is 0 Å². The standard InChI is InChI=1S/C17H11FN2O3/c18-13-7-5-11(6-8-13)9-12(10-19)16(21)20-15-4-2-1-3-14(15)17(22)23/h1-9H,(H,20,21)(H,22,23)/b12-9+. The molecule has 0 aliphatic carbocycles. The van der Waals surface area contributed by atoms with Gasteiger partial charge in [-0.05, 0) is 35.9 Å². The second-order valence-electron chi connectivity index (χ2n) is 4.53. The van der Waals surface area contributed by atoms with Gasteiger partial charge in [-0.15, -0.1) is 0 Å². The van der Waals surface area contributed by atoms with Gasteiger partial charge < -0.3 is 10.4 Å². The lowest BCUT2D eigenvalue weighted by molar-refractivity contribution is -0.112. The molecule has 0 saturated heterocycles. The van der Waals surface area contributed by atoms with Gasteiger partial charge in [0, 0.05) is 0 Å². The van der Waals surface area contributed by atoms with E-state index < -0.39 is 17.7 Å². The van der Waals surface area contributed by atoms with Gasteiger partial charge in [-0.3, -0.25) is 4.79 Å². The van der Waals surface area contributed by atoms with Gasteiger partial charge in [0.1, 0.15) is 17.5 Å². The summed E-state index contributed by atoms with van der Waals surface area (Å²) in [6.45, 7) is 0. The minimum atomic E-state index is -1.19. The van der Waals surface area contributed by atoms with Crippen molar-refractivity contribution >= 4 is 23.6 Å². The van der Waals surface area contributed by atoms with Gasteiger partial charge >= 0.3 is 5.97 Å². The van der Waals surface area contributed by atoms with Crippen molar-refractivity contribution in [3.8, 4) is 6.07 Å². The Bertz CT molecular complexity index is 820. The molecule has 0 radical (unpaired) electrons. The van der Waals surface area contributed by atoms with Crippen molar-refractivity contribution in [2.75, 3.05) is 5.32 Å². The molecule has 114 valence electrons. The molecule has 6 heteroatoms. The van der Waals surface area contributed by atoms with Crippen LogP contribution in [0.25, 0.3) is 6.08 Å². The number of carboxylic acid groups (broad SMARTS) is 1. The number of benzene rings is 2. The van der Waals surface area contributed by atoms with Gasteiger partial charge in [-0.1, -0.05) is 24.3 Å². The number of aromatic carboxylic acids is 1. The molecule has 2 rings (SSSR count). The monoisotopic (exact) mass is 310 g/mol. The highest BCUT2D eigenvalue weighted by atomic mass is 19.1. The summed E-state index contributed by atoms with van der Waals surface area (Å²) in [5, 5.41) is 20.6. The quantitative estimate of drug-likeness (QED) is 0.670. The second kappa shape index (κ2) is 7.00. The van der Waals surface area contributed by atoms with Crippen molar-refractivity contribution in [3.05, 3.63) is 71.0 Å². The van der Waals surface area contributed by atoms with E-state index in [2.05, 4.69) is 5.32 Å². The first-order valence-corrected chi connectivity index (χ1v) is 6.52. The zero-order valence-corrected chi connectivity index (χ0v) is 11.8. The number of nitriles is 1. The van der Waals surface area contributed by atoms with E-state index in [1.54, 1.807) is 12.1 Å². The summed E-state index contributed by atoms with van der Waals surface area (Å²) in [7, 11) is 0. The number of hydrogen-bond acceptors (Lipinski definition) is 3. The minimum Gasteiger partial charge on any atom is -0.478 e. The third-order valence-electron chi connectivity index (χ3n) is 2.95. The lowest BCUT2D eigenvalue weighted by atomic mass is 10.1. The fourth-order valence-corrected chi connectivity index (χ4v) is 1.84. The fourth-order valence-electron chi connectivity index (χ4n) is 1.84. The van der Waals surface area contributed by atoms with E-state index >= 15 is 0 Å². The molecule has 2 aromatic rings. The number of amides is 1. The summed E-state index contributed by atoms with van der Waals surface area (Å²) < 4.78 is 12.9. The summed E-state index contributed by atoms with van der Waals surface area (Å²) in [5.74, 6) is -2.37. The number of para-hydroxylation sites is 1. The average molecular weight is 310 g/mol. The number of carbonyl (C=O) groups excluding carboxylic acids is 1. The molecular weight excluding hydrogens is 299 g/mol. The maximum Gasteiger partial charge on any atom is 0.337 e. The van der Waals surface area contributed by atoms with Crippen LogP contribution in [0.4, 0.5) is 10.1 Å². The Kier molecular flexibility index (Phi) is 4.85. The van der Waals surface area contributed by atoms with E-state index in [4.69, 9.17) is 10.4 Å². The summed E-state index contributed by atoms with van der Waals surface area (Å²) in [6.07, 6.45) is 1.29. The molecule has 0 heterocycles. The summed E-state index contributed by atoms with van der Waals surface area (Å²) in [5.41, 5.74) is 0.256. The predicted molar refractivity (Wildman–Crippen MR) is 82.0 cm³/mol. The van der Waals surface area contributed by atoms with Crippen molar-refractivity contribution in [3.63, 3.8) is 0 Å². The smallest absolute Gasteiger partial charge is 0.337 e. The molecule has 0 bridgehead atoms. The second-order valence-corrected chi connectivity index (χ2v) is 4.53. The van der Waals surface area contributed by atoms with Crippen LogP contribution in [0, 0.1) is 17.1 Å². The Hall–Kier alpha value is -3.46. The largest absolute Gasteiger partial charge is 0.478 e. The number of hydrogen-bond donors (Lipinski definition) is 2. The van der Waals surface area contributed by atoms with Gasteiger partial charge in [0.25, 0.3) is 5.91 Å². The summed E-state index contributed by atoms with van der Waals surface area (Å²) >= 11 is 0. The highest BCUT2D eigenvalue weighted by Crippen LogP contribution is 2.16. The highest BCUT2D eigenvalue weighted by molar-refractivity contribution is 6.11. The van der Waals surface area contributed by atoms with Crippen molar-refractivity contribution in [2.45, 2.75) is 0 Å². The fraction of sp³-hybridized carbons (Fsp3) is 0. The highest BCUT2D eigenvalue weighted by Gasteiger charge is 2.14. The van der Waals surface area contributed by atoms with Crippen molar-refractivity contribution < 1.29 is 19.1 Å². The van der Waals surface area contributed by atoms with Gasteiger partial charge in [0.15, 0.2) is 0 Å². The minimum absolute atomic E-state index is 0.0834. The van der Waals surface area contributed by atoms with Crippen molar-refractivity contribution in [1.29, 1.82) is 5.26 Å². The number of carboxylic acids is 1. The maximum atomic E-state index is 12.9. The van der Waals surface area contributed by atoms with Crippen LogP contribution in [0.15, 0.2) is 54.1 Å². The average Bonchev–Trinajstić information content (AvgIpc) is 2.54. The summed E-state index contributed by atoms with van der Waals surface area (Å²) in [4.78, 5) is 23.2. The molecular formula is C17H11FN2O3. The van der Waals surface area contributed by atoms with E-state index in [0.717, 1.165) is 0 Å². The van der Waals surface area contributed by atoms with Crippen LogP contribution < -0.4 is 5.32 Å². The Morgan fingerprint density at radius 2 is 1.78 bits per heavy atom. The number of nitrogens with one attached hydrogen (secondary N) is 1. The number of rotatable bonds is 4. The molecule has 1 amide bonds. The topological polar surface area (TPSA) is 90.2 Å². The number of halogens is 1. The molecule has 23 heavy (non-hydrogen) atoms. The number of carbonyl (C=O) groups is 2. The lowest BCUT2D eigenvalue weighted by Crippen LogP contribution is -2.16. The van der Waals surface area contributed by atoms with Crippen LogP contribution in [-0.2, 0) is 4.79 Å². The van der Waals surface area contributed by atoms with Crippen LogP contribution in [0.3, 0.4) is 0 Å². The van der Waals surface area contributed by atoms with E-state index in [1.165, 1.54) is 48.5 Å². The van der Waals surface area contributed by atoms with Crippen LogP contribution in [0.5, 0.6) is 0 Å². The molecule has 0 saturated carbocycles. The molecule has 0 fully saturated rings. The first-order valence-electron chi connectivity index (χ1n) is 6.52. The normalized spacial score (nSPS) is 10.7. The van der Waals surface area contributed by atoms with Crippen LogP contribution in [0.2, 0.25) is 0 Å². The molecule has 0 aromatic heterocycles. The zero-order chi connectivity index (χ0) is 16.8. The molecule has 5 nitrogen and oxygen atoms in total. The third kappa shape index (κ3) is 4.02. The molecule has 2 N–H and O–H groups in total. The van der Waals surface area contributed by atoms with Crippen LogP contribution in [0.1, 0.15) is 15.9 Å². The van der Waals surface area contributed by atoms with Crippen LogP contribution in [-0.4, -0.2) is 17.0 Å². The van der Waals surface area contributed by atoms with Crippen LogP contribution >= 0.6 is 0 Å². The molecule has 2 aromatic carbocycles. The molecule has 0 aliphatic heterocycles. The third-order valence-corrected chi connectivity index (χ3v) is 2.95. The Balaban J connectivity index is 2.27. The maximum absolute atomic E-state index is 12.9. The Morgan fingerprint density at radius 1 is 1.13 bits per heavy atom. The first kappa shape index (κ1) is 15.9. The number of nitrogens with zero attached hydrogens (tertiary/aromatic N) is 1. The van der Waals surface area contributed by atoms with Gasteiger partial charge in [-0.2, -0.15) is 5.26 Å². The number of anilines is 1. The SMILES string of the molecule is N#C/C(=C\c1ccc(F)cc1)C(=O)Nc1ccccc1C(=O)O. The van der Waals surface area contributed by atoms with Gasteiger partial charge in [0.05, 0.1) is 11.3 Å². The lowest BCUT2D eigenvalue weighted by Gasteiger charge is -2.07. The first-order chi connectivity index (χ1) is 11.0. The molecule has 0 atom stereocenters. The Labute approximate surface area is 131 Å². The van der Waals surface area contributed by atoms with Gasteiger partial charge in [0.2, 0.25) is 0 Å². The van der Waals surface area contributed by atoms with Gasteiger partial charge in [-0.25, -0.2) is 9.18 Å². The van der Waals surface area contributed by atoms with Crippen molar-refractivity contribution in [1.82, 2.24) is 0 Å². The molecule has 0 unspecified atom stereocenters.